The van der Waals surface area contributed by atoms with E-state index in [0.717, 1.165) is 0 Å². The number of carboxylic acid groups (broad SMARTS) is 1. The van der Waals surface area contributed by atoms with Gasteiger partial charge in [-0.2, -0.15) is 5.10 Å². The zero-order chi connectivity index (χ0) is 15.1. The van der Waals surface area contributed by atoms with Gasteiger partial charge in [0.2, 0.25) is 0 Å². The molecule has 0 atom stereocenters. The highest BCUT2D eigenvalue weighted by Gasteiger charge is 2.27. The molecule has 20 heavy (non-hydrogen) atoms. The van der Waals surface area contributed by atoms with Crippen LogP contribution in [0.15, 0.2) is 24.3 Å². The summed E-state index contributed by atoms with van der Waals surface area (Å²) in [5.74, 6) is -1.13. The molecule has 0 fully saturated rings. The fourth-order valence-corrected chi connectivity index (χ4v) is 2.56. The zero-order valence-electron chi connectivity index (χ0n) is 11.3. The Kier molecular flexibility index (Phi) is 3.56. The zero-order valence-corrected chi connectivity index (χ0v) is 12.1. The van der Waals surface area contributed by atoms with E-state index in [9.17, 15) is 9.18 Å². The first kappa shape index (κ1) is 14.5. The molecule has 0 bridgehead atoms. The van der Waals surface area contributed by atoms with E-state index in [0.29, 0.717) is 21.8 Å². The molecule has 2 aromatic rings. The van der Waals surface area contributed by atoms with Crippen molar-refractivity contribution in [3.05, 3.63) is 40.5 Å². The number of halogens is 2. The van der Waals surface area contributed by atoms with Crippen molar-refractivity contribution in [1.29, 1.82) is 0 Å². The van der Waals surface area contributed by atoms with E-state index in [4.69, 9.17) is 16.7 Å². The monoisotopic (exact) mass is 296 g/mol. The summed E-state index contributed by atoms with van der Waals surface area (Å²) >= 11 is 6.10. The van der Waals surface area contributed by atoms with Crippen molar-refractivity contribution in [3.63, 3.8) is 0 Å². The van der Waals surface area contributed by atoms with Crippen LogP contribution in [0, 0.1) is 0 Å². The second-order valence-electron chi connectivity index (χ2n) is 4.98. The molecule has 1 N–H and O–H groups in total. The largest absolute Gasteiger partial charge is 0.476 e. The summed E-state index contributed by atoms with van der Waals surface area (Å²) in [6.45, 7) is 2.82. The number of hydrogen-bond donors (Lipinski definition) is 1. The number of carbonyl (C=O) groups is 1. The summed E-state index contributed by atoms with van der Waals surface area (Å²) in [5.41, 5.74) is -0.383. The molecule has 0 unspecified atom stereocenters. The van der Waals surface area contributed by atoms with Gasteiger partial charge in [0.05, 0.1) is 5.69 Å². The molecule has 0 aliphatic carbocycles. The third-order valence-corrected chi connectivity index (χ3v) is 3.30. The Balaban J connectivity index is 2.71. The summed E-state index contributed by atoms with van der Waals surface area (Å²) in [5, 5.41) is 13.2. The van der Waals surface area contributed by atoms with Gasteiger partial charge >= 0.3 is 5.97 Å². The Bertz CT molecular complexity index is 674. The molecule has 0 radical (unpaired) electrons. The lowest BCUT2D eigenvalue weighted by atomic mass is 9.92. The molecule has 0 aliphatic rings. The molecule has 0 aliphatic heterocycles. The number of alkyl halides is 1. The predicted octanol–water partition coefficient (Wildman–Crippen LogP) is 3.64. The van der Waals surface area contributed by atoms with Gasteiger partial charge in [0.25, 0.3) is 0 Å². The number of aryl methyl sites for hydroxylation is 1. The number of nitrogens with zero attached hydrogens (tertiary/aromatic N) is 2. The van der Waals surface area contributed by atoms with Gasteiger partial charge in [-0.1, -0.05) is 23.7 Å². The first-order chi connectivity index (χ1) is 9.21. The van der Waals surface area contributed by atoms with Crippen molar-refractivity contribution in [2.45, 2.75) is 19.5 Å². The van der Waals surface area contributed by atoms with E-state index >= 15 is 0 Å². The number of rotatable bonds is 3. The highest BCUT2D eigenvalue weighted by atomic mass is 35.5. The summed E-state index contributed by atoms with van der Waals surface area (Å²) in [6.07, 6.45) is 0. The standard InChI is InChI=1S/C14H14ClFN2O2/c1-14(2,16)12-8(5-4-6-9(12)15)11-7-10(13(19)20)17-18(11)3/h4-7H,1-3H3,(H,19,20). The number of hydrogen-bond acceptors (Lipinski definition) is 2. The van der Waals surface area contributed by atoms with Gasteiger partial charge in [-0.3, -0.25) is 4.68 Å². The van der Waals surface area contributed by atoms with Crippen molar-refractivity contribution >= 4 is 17.6 Å². The quantitative estimate of drug-likeness (QED) is 0.940. The van der Waals surface area contributed by atoms with Crippen molar-refractivity contribution in [1.82, 2.24) is 9.78 Å². The highest BCUT2D eigenvalue weighted by Crippen LogP contribution is 2.38. The smallest absolute Gasteiger partial charge is 0.356 e. The average molecular weight is 297 g/mol. The van der Waals surface area contributed by atoms with Crippen LogP contribution in [0.25, 0.3) is 11.3 Å². The van der Waals surface area contributed by atoms with Crippen molar-refractivity contribution in [3.8, 4) is 11.3 Å². The molecule has 1 aromatic carbocycles. The van der Waals surface area contributed by atoms with Crippen molar-refractivity contribution in [2.75, 3.05) is 0 Å². The summed E-state index contributed by atoms with van der Waals surface area (Å²) < 4.78 is 15.8. The maximum absolute atomic E-state index is 14.4. The Morgan fingerprint density at radius 3 is 2.60 bits per heavy atom. The van der Waals surface area contributed by atoms with Gasteiger partial charge in [-0.15, -0.1) is 0 Å². The number of carboxylic acids is 1. The van der Waals surface area contributed by atoms with Crippen LogP contribution in [0.1, 0.15) is 29.9 Å². The Morgan fingerprint density at radius 2 is 2.10 bits per heavy atom. The second kappa shape index (κ2) is 4.90. The molecule has 4 nitrogen and oxygen atoms in total. The lowest BCUT2D eigenvalue weighted by Crippen LogP contribution is -2.12. The molecule has 6 heteroatoms. The first-order valence-corrected chi connectivity index (χ1v) is 6.35. The summed E-state index contributed by atoms with van der Waals surface area (Å²) in [7, 11) is 1.61. The lowest BCUT2D eigenvalue weighted by molar-refractivity contribution is 0.0689. The van der Waals surface area contributed by atoms with Crippen molar-refractivity contribution in [2.24, 2.45) is 7.05 Å². The van der Waals surface area contributed by atoms with E-state index in [1.807, 2.05) is 0 Å². The van der Waals surface area contributed by atoms with Crippen LogP contribution in [0.3, 0.4) is 0 Å². The van der Waals surface area contributed by atoms with Gasteiger partial charge in [0, 0.05) is 23.2 Å². The van der Waals surface area contributed by atoms with Crippen LogP contribution >= 0.6 is 11.6 Å². The molecule has 0 amide bonds. The highest BCUT2D eigenvalue weighted by molar-refractivity contribution is 6.31. The summed E-state index contributed by atoms with van der Waals surface area (Å²) in [4.78, 5) is 11.0. The van der Waals surface area contributed by atoms with Crippen LogP contribution < -0.4 is 0 Å². The minimum absolute atomic E-state index is 0.0925. The third-order valence-electron chi connectivity index (χ3n) is 2.98. The van der Waals surface area contributed by atoms with Crippen LogP contribution in [0.2, 0.25) is 5.02 Å². The molecule has 0 spiro atoms. The first-order valence-electron chi connectivity index (χ1n) is 5.97. The van der Waals surface area contributed by atoms with Gasteiger partial charge in [-0.25, -0.2) is 9.18 Å². The van der Waals surface area contributed by atoms with E-state index < -0.39 is 11.6 Å². The molecule has 0 saturated carbocycles. The van der Waals surface area contributed by atoms with Gasteiger partial charge in [-0.05, 0) is 26.0 Å². The normalized spacial score (nSPS) is 11.7. The molecular weight excluding hydrogens is 283 g/mol. The molecule has 1 heterocycles. The molecule has 1 aromatic heterocycles. The van der Waals surface area contributed by atoms with E-state index in [1.54, 1.807) is 25.2 Å². The Morgan fingerprint density at radius 1 is 1.45 bits per heavy atom. The van der Waals surface area contributed by atoms with E-state index in [2.05, 4.69) is 5.10 Å². The van der Waals surface area contributed by atoms with Crippen molar-refractivity contribution < 1.29 is 14.3 Å². The van der Waals surface area contributed by atoms with Gasteiger partial charge < -0.3 is 5.11 Å². The fourth-order valence-electron chi connectivity index (χ4n) is 2.17. The van der Waals surface area contributed by atoms with Gasteiger partial charge in [0.1, 0.15) is 5.67 Å². The molecular formula is C14H14ClFN2O2. The number of benzene rings is 1. The maximum Gasteiger partial charge on any atom is 0.356 e. The SMILES string of the molecule is Cn1nc(C(=O)O)cc1-c1cccc(Cl)c1C(C)(C)F. The van der Waals surface area contributed by atoms with E-state index in [1.165, 1.54) is 24.6 Å². The lowest BCUT2D eigenvalue weighted by Gasteiger charge is -2.20. The van der Waals surface area contributed by atoms with Gasteiger partial charge in [0.15, 0.2) is 5.69 Å². The average Bonchev–Trinajstić information content (AvgIpc) is 2.69. The number of aromatic carboxylic acids is 1. The third kappa shape index (κ3) is 2.54. The maximum atomic E-state index is 14.4. The summed E-state index contributed by atoms with van der Waals surface area (Å²) in [6, 6.07) is 6.41. The van der Waals surface area contributed by atoms with Crippen LogP contribution in [0.4, 0.5) is 4.39 Å². The fraction of sp³-hybridized carbons (Fsp3) is 0.286. The second-order valence-corrected chi connectivity index (χ2v) is 5.39. The number of aromatic nitrogens is 2. The van der Waals surface area contributed by atoms with Crippen LogP contribution in [0.5, 0.6) is 0 Å². The van der Waals surface area contributed by atoms with Crippen LogP contribution in [-0.2, 0) is 12.7 Å². The molecule has 0 saturated heterocycles. The topological polar surface area (TPSA) is 55.1 Å². The minimum Gasteiger partial charge on any atom is -0.476 e. The Hall–Kier alpha value is -1.88. The minimum atomic E-state index is -1.65. The molecule has 106 valence electrons. The van der Waals surface area contributed by atoms with Crippen LogP contribution in [-0.4, -0.2) is 20.9 Å². The Labute approximate surface area is 120 Å². The predicted molar refractivity (Wildman–Crippen MR) is 74.7 cm³/mol. The van der Waals surface area contributed by atoms with E-state index in [-0.39, 0.29) is 5.69 Å². The molecule has 2 rings (SSSR count).